The van der Waals surface area contributed by atoms with Gasteiger partial charge in [-0.25, -0.2) is 0 Å². The Bertz CT molecular complexity index is 1130. The lowest BCUT2D eigenvalue weighted by Gasteiger charge is -2.33. The number of nitrogens with zero attached hydrogens (tertiary/aromatic N) is 1. The molecule has 0 bridgehead atoms. The minimum Gasteiger partial charge on any atom is -0.483 e. The van der Waals surface area contributed by atoms with Crippen molar-refractivity contribution in [3.8, 4) is 11.8 Å². The number of ether oxygens (including phenoxy) is 1. The van der Waals surface area contributed by atoms with E-state index in [0.717, 1.165) is 35.6 Å². The summed E-state index contributed by atoms with van der Waals surface area (Å²) >= 11 is 1.55. The van der Waals surface area contributed by atoms with Gasteiger partial charge in [-0.05, 0) is 47.6 Å². The van der Waals surface area contributed by atoms with Gasteiger partial charge in [-0.2, -0.15) is 5.26 Å². The summed E-state index contributed by atoms with van der Waals surface area (Å²) in [5.41, 5.74) is 1.98. The van der Waals surface area contributed by atoms with E-state index in [4.69, 9.17) is 4.74 Å². The average Bonchev–Trinajstić information content (AvgIpc) is 3.07. The highest BCUT2D eigenvalue weighted by molar-refractivity contribution is 7.16. The molecular formula is C25H26N2O2S. The van der Waals surface area contributed by atoms with Gasteiger partial charge in [0.2, 0.25) is 0 Å². The number of nitrogens with one attached hydrogen (secondary N) is 1. The molecule has 0 saturated heterocycles. The van der Waals surface area contributed by atoms with Crippen molar-refractivity contribution >= 4 is 33.0 Å². The molecule has 0 radical (unpaired) electrons. The standard InChI is InChI=1S/C25H26N2O2S/c1-25(2,3)17-11-12-19-20(14-26)24(30-22(19)13-17)27-23(28)15-29-21-10-6-8-16-7-4-5-9-18(16)21/h4-10,17H,11-13,15H2,1-3H3,(H,27,28)/t17-/m1/s1. The zero-order chi connectivity index (χ0) is 21.3. The second-order valence-electron chi connectivity index (χ2n) is 8.94. The second kappa shape index (κ2) is 8.12. The topological polar surface area (TPSA) is 62.1 Å². The number of nitriles is 1. The van der Waals surface area contributed by atoms with Gasteiger partial charge >= 0.3 is 0 Å². The summed E-state index contributed by atoms with van der Waals surface area (Å²) in [4.78, 5) is 13.8. The molecule has 0 saturated carbocycles. The van der Waals surface area contributed by atoms with Crippen LogP contribution in [0.3, 0.4) is 0 Å². The van der Waals surface area contributed by atoms with E-state index in [-0.39, 0.29) is 17.9 Å². The lowest BCUT2D eigenvalue weighted by atomic mass is 9.72. The fourth-order valence-electron chi connectivity index (χ4n) is 4.16. The first-order valence-corrected chi connectivity index (χ1v) is 11.1. The van der Waals surface area contributed by atoms with E-state index in [0.29, 0.717) is 22.2 Å². The minimum atomic E-state index is -0.245. The molecule has 1 aliphatic carbocycles. The molecule has 1 amide bonds. The number of anilines is 1. The molecule has 1 aromatic heterocycles. The molecule has 0 fully saturated rings. The maximum Gasteiger partial charge on any atom is 0.262 e. The molecule has 1 aliphatic rings. The molecule has 5 heteroatoms. The predicted octanol–water partition coefficient (Wildman–Crippen LogP) is 5.94. The highest BCUT2D eigenvalue weighted by Gasteiger charge is 2.32. The van der Waals surface area contributed by atoms with Crippen LogP contribution in [0.5, 0.6) is 5.75 Å². The number of carbonyl (C=O) groups excluding carboxylic acids is 1. The molecule has 1 N–H and O–H groups in total. The predicted molar refractivity (Wildman–Crippen MR) is 122 cm³/mol. The van der Waals surface area contributed by atoms with Gasteiger partial charge in [0, 0.05) is 10.3 Å². The van der Waals surface area contributed by atoms with Crippen molar-refractivity contribution in [2.24, 2.45) is 11.3 Å². The van der Waals surface area contributed by atoms with Crippen LogP contribution in [0.2, 0.25) is 0 Å². The fourth-order valence-corrected chi connectivity index (χ4v) is 5.45. The number of carbonyl (C=O) groups is 1. The highest BCUT2D eigenvalue weighted by Crippen LogP contribution is 2.44. The summed E-state index contributed by atoms with van der Waals surface area (Å²) in [5.74, 6) is 1.03. The van der Waals surface area contributed by atoms with Gasteiger partial charge in [-0.1, -0.05) is 57.2 Å². The maximum absolute atomic E-state index is 12.6. The zero-order valence-electron chi connectivity index (χ0n) is 17.6. The van der Waals surface area contributed by atoms with Crippen molar-refractivity contribution in [3.05, 3.63) is 58.5 Å². The average molecular weight is 419 g/mol. The molecule has 0 aliphatic heterocycles. The van der Waals surface area contributed by atoms with Crippen LogP contribution >= 0.6 is 11.3 Å². The Labute approximate surface area is 181 Å². The van der Waals surface area contributed by atoms with E-state index in [9.17, 15) is 10.1 Å². The summed E-state index contributed by atoms with van der Waals surface area (Å²) in [5, 5.41) is 15.3. The van der Waals surface area contributed by atoms with Crippen LogP contribution < -0.4 is 10.1 Å². The van der Waals surface area contributed by atoms with E-state index < -0.39 is 0 Å². The SMILES string of the molecule is CC(C)(C)[C@@H]1CCc2c(sc(NC(=O)COc3cccc4ccccc34)c2C#N)C1. The summed E-state index contributed by atoms with van der Waals surface area (Å²) in [7, 11) is 0. The van der Waals surface area contributed by atoms with Crippen LogP contribution in [-0.2, 0) is 17.6 Å². The lowest BCUT2D eigenvalue weighted by molar-refractivity contribution is -0.118. The molecule has 1 atom stereocenters. The molecule has 3 aromatic rings. The Morgan fingerprint density at radius 3 is 2.77 bits per heavy atom. The smallest absolute Gasteiger partial charge is 0.262 e. The number of benzene rings is 2. The van der Waals surface area contributed by atoms with Crippen LogP contribution in [0.1, 0.15) is 43.2 Å². The summed E-state index contributed by atoms with van der Waals surface area (Å²) in [6, 6.07) is 16.0. The molecule has 2 aromatic carbocycles. The molecule has 30 heavy (non-hydrogen) atoms. The number of hydrogen-bond donors (Lipinski definition) is 1. The van der Waals surface area contributed by atoms with Crippen LogP contribution in [-0.4, -0.2) is 12.5 Å². The van der Waals surface area contributed by atoms with Gasteiger partial charge in [0.05, 0.1) is 5.56 Å². The summed E-state index contributed by atoms with van der Waals surface area (Å²) < 4.78 is 5.80. The Hall–Kier alpha value is -2.84. The van der Waals surface area contributed by atoms with Gasteiger partial charge in [0.15, 0.2) is 6.61 Å². The van der Waals surface area contributed by atoms with Gasteiger partial charge in [-0.3, -0.25) is 4.79 Å². The van der Waals surface area contributed by atoms with Gasteiger partial charge in [-0.15, -0.1) is 11.3 Å². The Balaban J connectivity index is 1.47. The lowest BCUT2D eigenvalue weighted by Crippen LogP contribution is -2.26. The Kier molecular flexibility index (Phi) is 5.53. The number of hydrogen-bond acceptors (Lipinski definition) is 4. The third kappa shape index (κ3) is 4.06. The molecular weight excluding hydrogens is 392 g/mol. The van der Waals surface area contributed by atoms with Crippen LogP contribution in [0.15, 0.2) is 42.5 Å². The molecule has 4 nitrogen and oxygen atoms in total. The van der Waals surface area contributed by atoms with Crippen molar-refractivity contribution in [1.82, 2.24) is 0 Å². The van der Waals surface area contributed by atoms with Crippen molar-refractivity contribution in [3.63, 3.8) is 0 Å². The molecule has 1 heterocycles. The summed E-state index contributed by atoms with van der Waals surface area (Å²) in [6.07, 6.45) is 2.96. The van der Waals surface area contributed by atoms with Crippen molar-refractivity contribution in [2.75, 3.05) is 11.9 Å². The largest absolute Gasteiger partial charge is 0.483 e. The van der Waals surface area contributed by atoms with Gasteiger partial charge in [0.1, 0.15) is 16.8 Å². The first kappa shape index (κ1) is 20.4. The zero-order valence-corrected chi connectivity index (χ0v) is 18.4. The monoisotopic (exact) mass is 418 g/mol. The fraction of sp³-hybridized carbons (Fsp3) is 0.360. The maximum atomic E-state index is 12.6. The van der Waals surface area contributed by atoms with E-state index >= 15 is 0 Å². The van der Waals surface area contributed by atoms with E-state index in [1.165, 1.54) is 4.88 Å². The van der Waals surface area contributed by atoms with Crippen molar-refractivity contribution in [2.45, 2.75) is 40.0 Å². The molecule has 4 rings (SSSR count). The molecule has 0 spiro atoms. The van der Waals surface area contributed by atoms with E-state index in [1.54, 1.807) is 11.3 Å². The van der Waals surface area contributed by atoms with Gasteiger partial charge in [0.25, 0.3) is 5.91 Å². The van der Waals surface area contributed by atoms with E-state index in [2.05, 4.69) is 32.2 Å². The van der Waals surface area contributed by atoms with Crippen molar-refractivity contribution in [1.29, 1.82) is 5.26 Å². The number of fused-ring (bicyclic) bond motifs is 2. The van der Waals surface area contributed by atoms with Crippen molar-refractivity contribution < 1.29 is 9.53 Å². The third-order valence-corrected chi connectivity index (χ3v) is 7.13. The Morgan fingerprint density at radius 1 is 1.23 bits per heavy atom. The third-order valence-electron chi connectivity index (χ3n) is 5.96. The number of thiophene rings is 1. The first-order valence-electron chi connectivity index (χ1n) is 10.3. The second-order valence-corrected chi connectivity index (χ2v) is 10.0. The van der Waals surface area contributed by atoms with Crippen LogP contribution in [0.25, 0.3) is 10.8 Å². The van der Waals surface area contributed by atoms with Gasteiger partial charge < -0.3 is 10.1 Å². The Morgan fingerprint density at radius 2 is 2.00 bits per heavy atom. The number of amides is 1. The van der Waals surface area contributed by atoms with E-state index in [1.807, 2.05) is 42.5 Å². The molecule has 154 valence electrons. The molecule has 0 unspecified atom stereocenters. The normalized spacial score (nSPS) is 16.0. The van der Waals surface area contributed by atoms with Crippen LogP contribution in [0.4, 0.5) is 5.00 Å². The number of rotatable bonds is 4. The highest BCUT2D eigenvalue weighted by atomic mass is 32.1. The van der Waals surface area contributed by atoms with Crippen LogP contribution in [0, 0.1) is 22.7 Å². The summed E-state index contributed by atoms with van der Waals surface area (Å²) in [6.45, 7) is 6.73. The minimum absolute atomic E-state index is 0.0912. The quantitative estimate of drug-likeness (QED) is 0.570. The first-order chi connectivity index (χ1) is 14.4.